The molecule has 1 heterocycles. The van der Waals surface area contributed by atoms with Gasteiger partial charge in [0, 0.05) is 17.0 Å². The number of nitrogens with zero attached hydrogens (tertiary/aromatic N) is 2. The number of aryl methyl sites for hydroxylation is 3. The van der Waals surface area contributed by atoms with Gasteiger partial charge in [0.15, 0.2) is 0 Å². The van der Waals surface area contributed by atoms with E-state index >= 15 is 0 Å². The predicted molar refractivity (Wildman–Crippen MR) is 88.7 cm³/mol. The van der Waals surface area contributed by atoms with Crippen molar-refractivity contribution < 1.29 is 0 Å². The van der Waals surface area contributed by atoms with Gasteiger partial charge in [0.2, 0.25) is 0 Å². The minimum absolute atomic E-state index is 0.513. The Balaban J connectivity index is 2.47. The minimum Gasteiger partial charge on any atom is -0.326 e. The highest BCUT2D eigenvalue weighted by molar-refractivity contribution is 7.99. The van der Waals surface area contributed by atoms with Crippen molar-refractivity contribution in [3.63, 3.8) is 0 Å². The Morgan fingerprint density at radius 2 is 1.81 bits per heavy atom. The lowest BCUT2D eigenvalue weighted by Gasteiger charge is -2.14. The molecular weight excluding hydrogens is 278 g/mol. The molecular formula is C17H23N3S. The van der Waals surface area contributed by atoms with E-state index in [0.29, 0.717) is 6.54 Å². The molecule has 1 aromatic heterocycles. The zero-order valence-corrected chi connectivity index (χ0v) is 14.0. The van der Waals surface area contributed by atoms with Crippen molar-refractivity contribution in [1.29, 1.82) is 0 Å². The average Bonchev–Trinajstić information content (AvgIpc) is 2.50. The molecule has 0 fully saturated rings. The van der Waals surface area contributed by atoms with E-state index in [1.807, 2.05) is 0 Å². The van der Waals surface area contributed by atoms with Crippen LogP contribution in [0.15, 0.2) is 28.1 Å². The molecule has 4 heteroatoms. The maximum atomic E-state index is 5.99. The Kier molecular flexibility index (Phi) is 5.37. The highest BCUT2D eigenvalue weighted by Crippen LogP contribution is 2.33. The van der Waals surface area contributed by atoms with Gasteiger partial charge in [-0.3, -0.25) is 0 Å². The fourth-order valence-electron chi connectivity index (χ4n) is 2.45. The molecule has 0 spiro atoms. The van der Waals surface area contributed by atoms with Gasteiger partial charge in [0.05, 0.1) is 5.69 Å². The second kappa shape index (κ2) is 7.05. The van der Waals surface area contributed by atoms with Crippen molar-refractivity contribution in [1.82, 2.24) is 10.2 Å². The van der Waals surface area contributed by atoms with Crippen LogP contribution < -0.4 is 5.73 Å². The summed E-state index contributed by atoms with van der Waals surface area (Å²) < 4.78 is 0. The van der Waals surface area contributed by atoms with E-state index in [2.05, 4.69) is 56.1 Å². The van der Waals surface area contributed by atoms with Gasteiger partial charge < -0.3 is 5.73 Å². The maximum Gasteiger partial charge on any atom is 0.128 e. The van der Waals surface area contributed by atoms with E-state index in [4.69, 9.17) is 5.73 Å². The lowest BCUT2D eigenvalue weighted by Crippen LogP contribution is -2.10. The lowest BCUT2D eigenvalue weighted by molar-refractivity contribution is 0.782. The van der Waals surface area contributed by atoms with Crippen molar-refractivity contribution in [2.24, 2.45) is 5.73 Å². The van der Waals surface area contributed by atoms with Crippen LogP contribution in [0.5, 0.6) is 0 Å². The fourth-order valence-corrected chi connectivity index (χ4v) is 3.54. The van der Waals surface area contributed by atoms with E-state index in [9.17, 15) is 0 Å². The topological polar surface area (TPSA) is 51.8 Å². The summed E-state index contributed by atoms with van der Waals surface area (Å²) in [6, 6.07) is 6.47. The van der Waals surface area contributed by atoms with E-state index in [1.165, 1.54) is 21.6 Å². The lowest BCUT2D eigenvalue weighted by atomic mass is 10.0. The molecule has 2 N–H and O–H groups in total. The van der Waals surface area contributed by atoms with Crippen molar-refractivity contribution in [2.45, 2.75) is 57.0 Å². The van der Waals surface area contributed by atoms with Crippen LogP contribution >= 0.6 is 11.8 Å². The molecule has 2 aromatic rings. The Morgan fingerprint density at radius 3 is 2.43 bits per heavy atom. The van der Waals surface area contributed by atoms with Crippen molar-refractivity contribution >= 4 is 11.8 Å². The number of aromatic nitrogens is 2. The second-order valence-corrected chi connectivity index (χ2v) is 6.22. The zero-order chi connectivity index (χ0) is 15.4. The quantitative estimate of drug-likeness (QED) is 0.912. The molecule has 21 heavy (non-hydrogen) atoms. The first-order chi connectivity index (χ1) is 10.1. The first-order valence-corrected chi connectivity index (χ1v) is 8.24. The summed E-state index contributed by atoms with van der Waals surface area (Å²) >= 11 is 1.67. The maximum absolute atomic E-state index is 5.99. The molecule has 3 nitrogen and oxygen atoms in total. The molecule has 0 amide bonds. The smallest absolute Gasteiger partial charge is 0.128 e. The van der Waals surface area contributed by atoms with Gasteiger partial charge in [-0.05, 0) is 49.4 Å². The molecule has 0 atom stereocenters. The first kappa shape index (κ1) is 16.0. The molecule has 0 saturated carbocycles. The third-order valence-corrected chi connectivity index (χ3v) is 4.86. The molecule has 2 rings (SSSR count). The number of rotatable bonds is 5. The zero-order valence-electron chi connectivity index (χ0n) is 13.2. The summed E-state index contributed by atoms with van der Waals surface area (Å²) in [5.41, 5.74) is 12.0. The Hall–Kier alpha value is -1.39. The van der Waals surface area contributed by atoms with Crippen LogP contribution in [0.2, 0.25) is 0 Å². The Morgan fingerprint density at radius 1 is 1.05 bits per heavy atom. The highest BCUT2D eigenvalue weighted by atomic mass is 32.2. The van der Waals surface area contributed by atoms with Gasteiger partial charge in [-0.15, -0.1) is 5.10 Å². The molecule has 112 valence electrons. The number of hydrogen-bond donors (Lipinski definition) is 1. The van der Waals surface area contributed by atoms with Gasteiger partial charge in [0.1, 0.15) is 5.03 Å². The largest absolute Gasteiger partial charge is 0.326 e. The standard InChI is InChI=1S/C17H23N3S/c1-5-13-14(10-18)17(20-19-15(13)6-2)21-16-9-11(3)7-8-12(16)4/h7-9H,5-6,10,18H2,1-4H3. The summed E-state index contributed by atoms with van der Waals surface area (Å²) in [5.74, 6) is 0. The molecule has 1 aromatic carbocycles. The van der Waals surface area contributed by atoms with E-state index < -0.39 is 0 Å². The van der Waals surface area contributed by atoms with Crippen LogP contribution in [0, 0.1) is 13.8 Å². The molecule has 0 aliphatic heterocycles. The Bertz CT molecular complexity index is 638. The number of hydrogen-bond acceptors (Lipinski definition) is 4. The van der Waals surface area contributed by atoms with Gasteiger partial charge in [-0.1, -0.05) is 37.7 Å². The van der Waals surface area contributed by atoms with Crippen molar-refractivity contribution in [2.75, 3.05) is 0 Å². The van der Waals surface area contributed by atoms with Gasteiger partial charge in [-0.25, -0.2) is 0 Å². The summed E-state index contributed by atoms with van der Waals surface area (Å²) in [4.78, 5) is 1.23. The van der Waals surface area contributed by atoms with E-state index in [0.717, 1.165) is 29.1 Å². The highest BCUT2D eigenvalue weighted by Gasteiger charge is 2.15. The monoisotopic (exact) mass is 301 g/mol. The van der Waals surface area contributed by atoms with Gasteiger partial charge >= 0.3 is 0 Å². The van der Waals surface area contributed by atoms with Gasteiger partial charge in [-0.2, -0.15) is 5.10 Å². The SMILES string of the molecule is CCc1nnc(Sc2cc(C)ccc2C)c(CN)c1CC. The first-order valence-electron chi connectivity index (χ1n) is 7.43. The summed E-state index contributed by atoms with van der Waals surface area (Å²) in [6.45, 7) is 9.01. The third kappa shape index (κ3) is 3.44. The van der Waals surface area contributed by atoms with Gasteiger partial charge in [0.25, 0.3) is 0 Å². The molecule has 0 saturated heterocycles. The van der Waals surface area contributed by atoms with E-state index in [-0.39, 0.29) is 0 Å². The summed E-state index contributed by atoms with van der Waals surface area (Å²) in [6.07, 6.45) is 1.85. The second-order valence-electron chi connectivity index (χ2n) is 5.19. The average molecular weight is 301 g/mol. The van der Waals surface area contributed by atoms with Crippen LogP contribution in [-0.4, -0.2) is 10.2 Å². The third-order valence-electron chi connectivity index (χ3n) is 3.68. The van der Waals surface area contributed by atoms with E-state index in [1.54, 1.807) is 11.8 Å². The summed E-state index contributed by atoms with van der Waals surface area (Å²) in [7, 11) is 0. The normalized spacial score (nSPS) is 10.9. The minimum atomic E-state index is 0.513. The van der Waals surface area contributed by atoms with Crippen LogP contribution in [0.4, 0.5) is 0 Å². The van der Waals surface area contributed by atoms with Crippen molar-refractivity contribution in [3.05, 3.63) is 46.1 Å². The van der Waals surface area contributed by atoms with Crippen LogP contribution in [-0.2, 0) is 19.4 Å². The molecule has 0 radical (unpaired) electrons. The molecule has 0 unspecified atom stereocenters. The molecule has 0 aliphatic rings. The predicted octanol–water partition coefficient (Wildman–Crippen LogP) is 3.83. The summed E-state index contributed by atoms with van der Waals surface area (Å²) in [5, 5.41) is 9.77. The van der Waals surface area contributed by atoms with Crippen molar-refractivity contribution in [3.8, 4) is 0 Å². The molecule has 0 bridgehead atoms. The van der Waals surface area contributed by atoms with Crippen LogP contribution in [0.1, 0.15) is 41.8 Å². The van der Waals surface area contributed by atoms with Crippen LogP contribution in [0.25, 0.3) is 0 Å². The molecule has 0 aliphatic carbocycles. The fraction of sp³-hybridized carbons (Fsp3) is 0.412. The number of nitrogens with two attached hydrogens (primary N) is 1. The number of benzene rings is 1. The Labute approximate surface area is 131 Å². The van der Waals surface area contributed by atoms with Crippen LogP contribution in [0.3, 0.4) is 0 Å².